The Labute approximate surface area is 248 Å². The second-order valence-corrected chi connectivity index (χ2v) is 17.9. The number of thioether (sulfide) groups is 9. The van der Waals surface area contributed by atoms with Gasteiger partial charge in [0, 0.05) is 48.4 Å². The number of aliphatic hydroxyl groups is 2. The van der Waals surface area contributed by atoms with Gasteiger partial charge < -0.3 is 14.9 Å². The van der Waals surface area contributed by atoms with Gasteiger partial charge in [-0.3, -0.25) is 13.8 Å². The fraction of sp³-hybridized carbons (Fsp3) is 0.882. The summed E-state index contributed by atoms with van der Waals surface area (Å²) in [5, 5.41) is 21.0. The van der Waals surface area contributed by atoms with Gasteiger partial charge in [-0.15, -0.1) is 70.6 Å². The molecule has 0 aromatic carbocycles. The summed E-state index contributed by atoms with van der Waals surface area (Å²) >= 11 is 13.4. The molecule has 0 heterocycles. The van der Waals surface area contributed by atoms with E-state index in [0.717, 1.165) is 38.5 Å². The number of carbonyl (C=O) groups is 2. The molecular weight excluding hydrogens is 653 g/mol. The van der Waals surface area contributed by atoms with Crippen LogP contribution in [0.4, 0.5) is 0 Å². The average Bonchev–Trinajstić information content (AvgIpc) is 2.84. The van der Waals surface area contributed by atoms with Crippen molar-refractivity contribution in [3.8, 4) is 0 Å². The third kappa shape index (κ3) is 30.7. The number of hydrogen-bond donors (Lipinski definition) is 2. The number of ether oxygens (including phenoxy) is 1. The summed E-state index contributed by atoms with van der Waals surface area (Å²) in [5.74, 6) is 3.11. The highest BCUT2D eigenvalue weighted by molar-refractivity contribution is 8.29. The molecule has 0 aliphatic rings. The van der Waals surface area contributed by atoms with E-state index >= 15 is 0 Å². The standard InChI is InChI=1S/C17H32O8S10/c18-7-30-9-23-16(20)5-28-12-27-3-4-35(22)15-33-13-32-14-34-17(21)6-29-11-26-2-1-24-25-10-31-8-19/h18-19H,1-15H2. The summed E-state index contributed by atoms with van der Waals surface area (Å²) in [6.07, 6.45) is 0. The first-order valence-corrected chi connectivity index (χ1v) is 21.6. The Bertz CT molecular complexity index is 535. The molecule has 0 spiro atoms. The molecule has 0 amide bonds. The zero-order chi connectivity index (χ0) is 25.8. The van der Waals surface area contributed by atoms with E-state index in [9.17, 15) is 13.8 Å². The summed E-state index contributed by atoms with van der Waals surface area (Å²) in [6.45, 7) is 0.474. The second-order valence-electron chi connectivity index (χ2n) is 5.53. The summed E-state index contributed by atoms with van der Waals surface area (Å²) in [5.41, 5.74) is 0. The number of carbonyl (C=O) groups excluding carboxylic acids is 2. The largest absolute Gasteiger partial charge is 0.454 e. The third-order valence-corrected chi connectivity index (χ3v) is 14.1. The molecule has 1 atom stereocenters. The molecule has 0 aromatic rings. The molecule has 0 saturated carbocycles. The fourth-order valence-corrected chi connectivity index (χ4v) is 11.3. The topological polar surface area (TPSA) is 119 Å². The third-order valence-electron chi connectivity index (χ3n) is 2.92. The normalized spacial score (nSPS) is 12.1. The quantitative estimate of drug-likeness (QED) is 0.0427. The van der Waals surface area contributed by atoms with Crippen molar-refractivity contribution < 1.29 is 38.5 Å². The van der Waals surface area contributed by atoms with E-state index in [1.54, 1.807) is 58.8 Å². The Morgan fingerprint density at radius 1 is 0.714 bits per heavy atom. The lowest BCUT2D eigenvalue weighted by Gasteiger charge is -2.05. The SMILES string of the molecule is O=C(CSCSCCS(=O)CSCSCSC(=O)CSCSCCOOCSCO)OCSCO. The van der Waals surface area contributed by atoms with Gasteiger partial charge in [0.05, 0.1) is 35.1 Å². The van der Waals surface area contributed by atoms with Gasteiger partial charge in [-0.1, -0.05) is 23.5 Å². The number of aliphatic hydroxyl groups excluding tert-OH is 2. The van der Waals surface area contributed by atoms with Crippen molar-refractivity contribution in [2.45, 2.75) is 0 Å². The van der Waals surface area contributed by atoms with Gasteiger partial charge in [0.2, 0.25) is 0 Å². The Morgan fingerprint density at radius 3 is 2.17 bits per heavy atom. The lowest BCUT2D eigenvalue weighted by atomic mass is 10.8. The minimum Gasteiger partial charge on any atom is -0.454 e. The maximum absolute atomic E-state index is 12.0. The summed E-state index contributed by atoms with van der Waals surface area (Å²) in [6, 6.07) is 0. The van der Waals surface area contributed by atoms with Crippen LogP contribution in [-0.2, 0) is 34.9 Å². The van der Waals surface area contributed by atoms with E-state index in [4.69, 9.17) is 24.7 Å². The molecule has 0 radical (unpaired) electrons. The molecule has 0 bridgehead atoms. The molecular formula is C17H32O8S10. The van der Waals surface area contributed by atoms with Crippen molar-refractivity contribution in [2.75, 3.05) is 84.6 Å². The molecule has 35 heavy (non-hydrogen) atoms. The van der Waals surface area contributed by atoms with Crippen LogP contribution in [0.25, 0.3) is 0 Å². The van der Waals surface area contributed by atoms with Crippen molar-refractivity contribution in [3.05, 3.63) is 0 Å². The Kier molecular flexibility index (Phi) is 32.8. The maximum Gasteiger partial charge on any atom is 0.316 e. The monoisotopic (exact) mass is 684 g/mol. The van der Waals surface area contributed by atoms with Crippen molar-refractivity contribution >= 4 is 128 Å². The molecule has 0 fully saturated rings. The van der Waals surface area contributed by atoms with Crippen LogP contribution in [0.3, 0.4) is 0 Å². The van der Waals surface area contributed by atoms with Crippen LogP contribution in [0.15, 0.2) is 0 Å². The van der Waals surface area contributed by atoms with Gasteiger partial charge in [0.15, 0.2) is 5.12 Å². The first kappa shape index (κ1) is 37.3. The lowest BCUT2D eigenvalue weighted by molar-refractivity contribution is -0.274. The zero-order valence-corrected chi connectivity index (χ0v) is 27.2. The highest BCUT2D eigenvalue weighted by Crippen LogP contribution is 2.21. The predicted molar refractivity (Wildman–Crippen MR) is 167 cm³/mol. The summed E-state index contributed by atoms with van der Waals surface area (Å²) in [7, 11) is -0.870. The van der Waals surface area contributed by atoms with Crippen LogP contribution in [0, 0.1) is 0 Å². The zero-order valence-electron chi connectivity index (χ0n) is 19.0. The molecule has 8 nitrogen and oxygen atoms in total. The van der Waals surface area contributed by atoms with Crippen molar-refractivity contribution in [1.29, 1.82) is 0 Å². The van der Waals surface area contributed by atoms with E-state index in [1.807, 2.05) is 0 Å². The first-order chi connectivity index (χ1) is 17.1. The number of rotatable bonds is 27. The Morgan fingerprint density at radius 2 is 1.40 bits per heavy atom. The molecule has 2 N–H and O–H groups in total. The fourth-order valence-electron chi connectivity index (χ4n) is 1.51. The van der Waals surface area contributed by atoms with Crippen LogP contribution >= 0.6 is 106 Å². The molecule has 0 rings (SSSR count). The highest BCUT2D eigenvalue weighted by atomic mass is 32.3. The lowest BCUT2D eigenvalue weighted by Crippen LogP contribution is -2.07. The smallest absolute Gasteiger partial charge is 0.316 e. The predicted octanol–water partition coefficient (Wildman–Crippen LogP) is 3.95. The number of hydrogen-bond acceptors (Lipinski definition) is 17. The van der Waals surface area contributed by atoms with E-state index in [1.165, 1.54) is 35.3 Å². The van der Waals surface area contributed by atoms with Gasteiger partial charge in [-0.25, -0.2) is 9.78 Å². The van der Waals surface area contributed by atoms with E-state index < -0.39 is 10.8 Å². The number of esters is 1. The van der Waals surface area contributed by atoms with Crippen LogP contribution in [-0.4, -0.2) is 110 Å². The van der Waals surface area contributed by atoms with Crippen LogP contribution in [0.2, 0.25) is 0 Å². The minimum atomic E-state index is -0.870. The van der Waals surface area contributed by atoms with Crippen molar-refractivity contribution in [2.24, 2.45) is 0 Å². The summed E-state index contributed by atoms with van der Waals surface area (Å²) < 4.78 is 16.9. The minimum absolute atomic E-state index is 0.00995. The second kappa shape index (κ2) is 30.8. The van der Waals surface area contributed by atoms with Crippen LogP contribution < -0.4 is 0 Å². The van der Waals surface area contributed by atoms with Crippen LogP contribution in [0.5, 0.6) is 0 Å². The molecule has 0 saturated heterocycles. The highest BCUT2D eigenvalue weighted by Gasteiger charge is 2.06. The molecule has 0 aromatic heterocycles. The molecule has 18 heteroatoms. The van der Waals surface area contributed by atoms with E-state index in [2.05, 4.69) is 0 Å². The molecule has 208 valence electrons. The van der Waals surface area contributed by atoms with Gasteiger partial charge >= 0.3 is 5.97 Å². The van der Waals surface area contributed by atoms with Crippen molar-refractivity contribution in [3.63, 3.8) is 0 Å². The molecule has 0 aliphatic carbocycles. The van der Waals surface area contributed by atoms with Crippen LogP contribution in [0.1, 0.15) is 0 Å². The van der Waals surface area contributed by atoms with Gasteiger partial charge in [0.25, 0.3) is 0 Å². The van der Waals surface area contributed by atoms with Crippen molar-refractivity contribution in [1.82, 2.24) is 0 Å². The van der Waals surface area contributed by atoms with Gasteiger partial charge in [-0.05, 0) is 0 Å². The first-order valence-electron chi connectivity index (χ1n) is 9.84. The Balaban J connectivity index is 3.34. The van der Waals surface area contributed by atoms with Gasteiger partial charge in [0.1, 0.15) is 11.9 Å². The molecule has 1 unspecified atom stereocenters. The Hall–Kier alpha value is 2.28. The van der Waals surface area contributed by atoms with Gasteiger partial charge in [-0.2, -0.15) is 11.8 Å². The average molecular weight is 685 g/mol. The van der Waals surface area contributed by atoms with E-state index in [-0.39, 0.29) is 34.7 Å². The summed E-state index contributed by atoms with van der Waals surface area (Å²) in [4.78, 5) is 33.0. The maximum atomic E-state index is 12.0. The van der Waals surface area contributed by atoms with E-state index in [0.29, 0.717) is 34.2 Å². The molecule has 0 aliphatic heterocycles.